The molecule has 1 unspecified atom stereocenters. The minimum atomic E-state index is -3.80. The van der Waals surface area contributed by atoms with Crippen molar-refractivity contribution in [2.24, 2.45) is 0 Å². The van der Waals surface area contributed by atoms with E-state index in [2.05, 4.69) is 40.8 Å². The molecule has 0 spiro atoms. The van der Waals surface area contributed by atoms with Crippen molar-refractivity contribution in [3.63, 3.8) is 0 Å². The summed E-state index contributed by atoms with van der Waals surface area (Å²) in [4.78, 5) is 1.07. The van der Waals surface area contributed by atoms with Gasteiger partial charge in [-0.05, 0) is 50.5 Å². The van der Waals surface area contributed by atoms with E-state index in [1.54, 1.807) is 0 Å². The summed E-state index contributed by atoms with van der Waals surface area (Å²) >= 11 is 0. The smallest absolute Gasteiger partial charge is 0.265 e. The van der Waals surface area contributed by atoms with Gasteiger partial charge in [0.25, 0.3) is 10.1 Å². The van der Waals surface area contributed by atoms with Crippen molar-refractivity contribution in [1.82, 2.24) is 0 Å². The molecule has 0 aliphatic carbocycles. The molecule has 0 bridgehead atoms. The molecule has 1 aromatic carbocycles. The molecule has 0 aliphatic rings. The summed E-state index contributed by atoms with van der Waals surface area (Å²) in [6.45, 7) is 16.5. The largest absolute Gasteiger partial charge is 0.411 e. The SMILES string of the molecule is CCCC/C=C(/[C@@H](OS(C)(=O)=O)[C@H](C)O[Si](C)(C)C(C)(C)C)S(=O)c1ccc(C)cc1. The molecule has 0 fully saturated rings. The first-order valence-corrected chi connectivity index (χ1v) is 16.7. The predicted molar refractivity (Wildman–Crippen MR) is 133 cm³/mol. The van der Waals surface area contributed by atoms with E-state index < -0.39 is 41.4 Å². The van der Waals surface area contributed by atoms with Gasteiger partial charge < -0.3 is 4.43 Å². The number of allylic oxidation sites excluding steroid dienone is 1. The molecule has 0 radical (unpaired) electrons. The van der Waals surface area contributed by atoms with Crippen LogP contribution in [0, 0.1) is 6.92 Å². The van der Waals surface area contributed by atoms with Gasteiger partial charge in [-0.15, -0.1) is 0 Å². The monoisotopic (exact) mass is 488 g/mol. The molecule has 0 N–H and O–H groups in total. The first kappa shape index (κ1) is 28.2. The van der Waals surface area contributed by atoms with Crippen molar-refractivity contribution in [2.75, 3.05) is 6.26 Å². The lowest BCUT2D eigenvalue weighted by molar-refractivity contribution is 0.0870. The van der Waals surface area contributed by atoms with E-state index in [9.17, 15) is 12.6 Å². The van der Waals surface area contributed by atoms with E-state index >= 15 is 0 Å². The van der Waals surface area contributed by atoms with Crippen LogP contribution in [0.25, 0.3) is 0 Å². The van der Waals surface area contributed by atoms with Gasteiger partial charge >= 0.3 is 0 Å². The Morgan fingerprint density at radius 2 is 1.74 bits per heavy atom. The van der Waals surface area contributed by atoms with Crippen LogP contribution in [-0.4, -0.2) is 39.4 Å². The maximum atomic E-state index is 13.6. The van der Waals surface area contributed by atoms with Crippen LogP contribution in [-0.2, 0) is 29.5 Å². The van der Waals surface area contributed by atoms with Gasteiger partial charge in [-0.25, -0.2) is 4.21 Å². The highest BCUT2D eigenvalue weighted by atomic mass is 32.2. The van der Waals surface area contributed by atoms with E-state index in [1.165, 1.54) is 0 Å². The van der Waals surface area contributed by atoms with Crippen molar-refractivity contribution in [2.45, 2.75) is 96.0 Å². The van der Waals surface area contributed by atoms with Crippen LogP contribution in [0.3, 0.4) is 0 Å². The first-order valence-electron chi connectivity index (χ1n) is 10.8. The molecule has 8 heteroatoms. The molecule has 178 valence electrons. The van der Waals surface area contributed by atoms with Crippen molar-refractivity contribution in [3.8, 4) is 0 Å². The van der Waals surface area contributed by atoms with Gasteiger partial charge in [-0.1, -0.05) is 64.3 Å². The maximum Gasteiger partial charge on any atom is 0.265 e. The van der Waals surface area contributed by atoms with Gasteiger partial charge in [0.2, 0.25) is 0 Å². The first-order chi connectivity index (χ1) is 14.1. The fraction of sp³-hybridized carbons (Fsp3) is 0.652. The van der Waals surface area contributed by atoms with Crippen LogP contribution >= 0.6 is 0 Å². The molecule has 0 saturated heterocycles. The minimum Gasteiger partial charge on any atom is -0.411 e. The molecular weight excluding hydrogens is 448 g/mol. The predicted octanol–water partition coefficient (Wildman–Crippen LogP) is 5.93. The van der Waals surface area contributed by atoms with Crippen LogP contribution in [0.15, 0.2) is 40.1 Å². The summed E-state index contributed by atoms with van der Waals surface area (Å²) in [6.07, 6.45) is 3.96. The second-order valence-electron chi connectivity index (χ2n) is 9.63. The Labute approximate surface area is 193 Å². The Hall–Kier alpha value is -0.803. The molecule has 0 aromatic heterocycles. The summed E-state index contributed by atoms with van der Waals surface area (Å²) < 4.78 is 49.9. The summed E-state index contributed by atoms with van der Waals surface area (Å²) in [5.74, 6) is 0. The fourth-order valence-corrected chi connectivity index (χ4v) is 6.27. The zero-order chi connectivity index (χ0) is 24.0. The van der Waals surface area contributed by atoms with Crippen molar-refractivity contribution < 1.29 is 21.2 Å². The number of unbranched alkanes of at least 4 members (excludes halogenated alkanes) is 2. The number of aryl methyl sites for hydroxylation is 1. The van der Waals surface area contributed by atoms with Gasteiger partial charge in [-0.3, -0.25) is 4.18 Å². The molecule has 0 aliphatic heterocycles. The summed E-state index contributed by atoms with van der Waals surface area (Å²) in [7, 11) is -7.57. The van der Waals surface area contributed by atoms with Gasteiger partial charge in [0, 0.05) is 4.90 Å². The van der Waals surface area contributed by atoms with Gasteiger partial charge in [0.05, 0.1) is 28.1 Å². The molecule has 5 nitrogen and oxygen atoms in total. The number of hydrogen-bond donors (Lipinski definition) is 0. The lowest BCUT2D eigenvalue weighted by Crippen LogP contribution is -2.47. The fourth-order valence-electron chi connectivity index (χ4n) is 2.79. The summed E-state index contributed by atoms with van der Waals surface area (Å²) in [5.41, 5.74) is 1.07. The molecular formula is C23H40O5S2Si. The lowest BCUT2D eigenvalue weighted by atomic mass is 10.1. The Morgan fingerprint density at radius 1 is 1.19 bits per heavy atom. The highest BCUT2D eigenvalue weighted by molar-refractivity contribution is 7.89. The lowest BCUT2D eigenvalue weighted by Gasteiger charge is -2.40. The van der Waals surface area contributed by atoms with Gasteiger partial charge in [0.1, 0.15) is 6.10 Å². The Bertz CT molecular complexity index is 868. The zero-order valence-corrected chi connectivity index (χ0v) is 23.2. The second-order valence-corrected chi connectivity index (χ2v) is 17.5. The molecule has 1 rings (SSSR count). The number of hydrogen-bond acceptors (Lipinski definition) is 5. The van der Waals surface area contributed by atoms with Crippen LogP contribution in [0.2, 0.25) is 18.1 Å². The third kappa shape index (κ3) is 8.92. The summed E-state index contributed by atoms with van der Waals surface area (Å²) in [5, 5.41) is -0.0565. The van der Waals surface area contributed by atoms with E-state index in [1.807, 2.05) is 44.2 Å². The molecule has 1 aromatic rings. The van der Waals surface area contributed by atoms with Crippen LogP contribution < -0.4 is 0 Å². The van der Waals surface area contributed by atoms with E-state index in [0.29, 0.717) is 16.2 Å². The standard InChI is InChI=1S/C23H40O5S2Si/c1-10-11-12-13-21(29(24)20-16-14-18(2)15-17-20)22(27-30(7,25)26)19(3)28-31(8,9)23(4,5)6/h13-17,19,22H,10-12H2,1-9H3/b21-13-/t19-,22-,29?/m0/s1. The molecule has 0 amide bonds. The van der Waals surface area contributed by atoms with E-state index in [-0.39, 0.29) is 5.04 Å². The minimum absolute atomic E-state index is 0.0565. The van der Waals surface area contributed by atoms with Gasteiger partial charge in [-0.2, -0.15) is 8.42 Å². The third-order valence-electron chi connectivity index (χ3n) is 5.62. The average molecular weight is 489 g/mol. The van der Waals surface area contributed by atoms with E-state index in [4.69, 9.17) is 8.61 Å². The number of benzene rings is 1. The van der Waals surface area contributed by atoms with Crippen molar-refractivity contribution >= 4 is 29.2 Å². The zero-order valence-electron chi connectivity index (χ0n) is 20.5. The molecule has 0 heterocycles. The normalized spacial score (nSPS) is 16.7. The molecule has 31 heavy (non-hydrogen) atoms. The second kappa shape index (κ2) is 11.4. The van der Waals surface area contributed by atoms with Crippen LogP contribution in [0.1, 0.15) is 59.4 Å². The van der Waals surface area contributed by atoms with Crippen molar-refractivity contribution in [3.05, 3.63) is 40.8 Å². The molecule has 0 saturated carbocycles. The molecule has 3 atom stereocenters. The quantitative estimate of drug-likeness (QED) is 0.219. The Kier molecular flexibility index (Phi) is 10.3. The average Bonchev–Trinajstić information content (AvgIpc) is 2.62. The number of rotatable bonds is 11. The summed E-state index contributed by atoms with van der Waals surface area (Å²) in [6, 6.07) is 7.43. The highest BCUT2D eigenvalue weighted by Crippen LogP contribution is 2.38. The van der Waals surface area contributed by atoms with Crippen LogP contribution in [0.5, 0.6) is 0 Å². The van der Waals surface area contributed by atoms with Gasteiger partial charge in [0.15, 0.2) is 8.32 Å². The maximum absolute atomic E-state index is 13.6. The Balaban J connectivity index is 3.45. The van der Waals surface area contributed by atoms with Crippen molar-refractivity contribution in [1.29, 1.82) is 0 Å². The third-order valence-corrected chi connectivity index (χ3v) is 12.3. The topological polar surface area (TPSA) is 69.7 Å². The highest BCUT2D eigenvalue weighted by Gasteiger charge is 2.41. The van der Waals surface area contributed by atoms with Crippen LogP contribution in [0.4, 0.5) is 0 Å². The van der Waals surface area contributed by atoms with E-state index in [0.717, 1.165) is 24.7 Å². The Morgan fingerprint density at radius 3 is 2.19 bits per heavy atom.